The minimum atomic E-state index is -0.725. The second-order valence-electron chi connectivity index (χ2n) is 7.29. The SMILES string of the molecule is Cc1cccc(C)c1NC(=O)[C@@H](C)Oc1ccccc1-c1nnc(-c2ccccc2)o1. The molecule has 0 unspecified atom stereocenters. The minimum Gasteiger partial charge on any atom is -0.480 e. The van der Waals surface area contributed by atoms with E-state index in [1.54, 1.807) is 13.0 Å². The fourth-order valence-corrected chi connectivity index (χ4v) is 3.26. The van der Waals surface area contributed by atoms with Crippen LogP contribution in [-0.2, 0) is 4.79 Å². The number of nitrogens with one attached hydrogen (secondary N) is 1. The van der Waals surface area contributed by atoms with Crippen molar-refractivity contribution in [2.24, 2.45) is 0 Å². The van der Waals surface area contributed by atoms with E-state index in [4.69, 9.17) is 9.15 Å². The monoisotopic (exact) mass is 413 g/mol. The first-order chi connectivity index (χ1) is 15.0. The van der Waals surface area contributed by atoms with Gasteiger partial charge in [-0.1, -0.05) is 48.5 Å². The van der Waals surface area contributed by atoms with Crippen molar-refractivity contribution in [1.29, 1.82) is 0 Å². The van der Waals surface area contributed by atoms with Crippen molar-refractivity contribution in [3.63, 3.8) is 0 Å². The van der Waals surface area contributed by atoms with Crippen molar-refractivity contribution in [1.82, 2.24) is 10.2 Å². The molecule has 0 fully saturated rings. The number of ether oxygens (including phenoxy) is 1. The third-order valence-corrected chi connectivity index (χ3v) is 4.97. The first kappa shape index (κ1) is 20.3. The third kappa shape index (κ3) is 4.48. The molecule has 1 aromatic heterocycles. The Kier molecular flexibility index (Phi) is 5.80. The van der Waals surface area contributed by atoms with Gasteiger partial charge in [-0.05, 0) is 56.2 Å². The molecule has 6 heteroatoms. The molecule has 3 aromatic carbocycles. The van der Waals surface area contributed by atoms with Crippen LogP contribution in [0, 0.1) is 13.8 Å². The van der Waals surface area contributed by atoms with Gasteiger partial charge in [-0.25, -0.2) is 0 Å². The fraction of sp³-hybridized carbons (Fsp3) is 0.160. The Hall–Kier alpha value is -3.93. The number of para-hydroxylation sites is 2. The maximum Gasteiger partial charge on any atom is 0.265 e. The predicted molar refractivity (Wildman–Crippen MR) is 120 cm³/mol. The summed E-state index contributed by atoms with van der Waals surface area (Å²) in [7, 11) is 0. The van der Waals surface area contributed by atoms with Gasteiger partial charge in [-0.2, -0.15) is 0 Å². The second kappa shape index (κ2) is 8.83. The number of rotatable bonds is 6. The zero-order valence-corrected chi connectivity index (χ0v) is 17.6. The molecule has 0 saturated carbocycles. The smallest absolute Gasteiger partial charge is 0.265 e. The largest absolute Gasteiger partial charge is 0.480 e. The molecular weight excluding hydrogens is 390 g/mol. The van der Waals surface area contributed by atoms with Crippen LogP contribution in [0.5, 0.6) is 5.75 Å². The molecule has 0 aliphatic rings. The number of nitrogens with zero attached hydrogens (tertiary/aromatic N) is 2. The molecule has 0 spiro atoms. The summed E-state index contributed by atoms with van der Waals surface area (Å²) in [6.45, 7) is 5.63. The van der Waals surface area contributed by atoms with Gasteiger partial charge in [0.2, 0.25) is 5.89 Å². The van der Waals surface area contributed by atoms with Crippen LogP contribution in [0.3, 0.4) is 0 Å². The molecule has 0 aliphatic carbocycles. The van der Waals surface area contributed by atoms with Crippen molar-refractivity contribution in [2.45, 2.75) is 26.9 Å². The van der Waals surface area contributed by atoms with E-state index >= 15 is 0 Å². The first-order valence-corrected chi connectivity index (χ1v) is 10.0. The summed E-state index contributed by atoms with van der Waals surface area (Å²) in [4.78, 5) is 12.8. The van der Waals surface area contributed by atoms with Crippen LogP contribution in [0.15, 0.2) is 77.2 Å². The molecule has 0 aliphatic heterocycles. The number of aryl methyl sites for hydroxylation is 2. The van der Waals surface area contributed by atoms with Gasteiger partial charge in [0, 0.05) is 11.3 Å². The summed E-state index contributed by atoms with van der Waals surface area (Å²) >= 11 is 0. The summed E-state index contributed by atoms with van der Waals surface area (Å²) in [6, 6.07) is 22.7. The predicted octanol–water partition coefficient (Wildman–Crippen LogP) is 5.43. The van der Waals surface area contributed by atoms with E-state index in [9.17, 15) is 4.79 Å². The Morgan fingerprint density at radius 1 is 0.871 bits per heavy atom. The molecule has 4 rings (SSSR count). The van der Waals surface area contributed by atoms with E-state index < -0.39 is 6.10 Å². The van der Waals surface area contributed by atoms with Crippen LogP contribution < -0.4 is 10.1 Å². The Morgan fingerprint density at radius 2 is 1.52 bits per heavy atom. The third-order valence-electron chi connectivity index (χ3n) is 4.97. The van der Waals surface area contributed by atoms with Crippen molar-refractivity contribution in [3.05, 3.63) is 83.9 Å². The van der Waals surface area contributed by atoms with Gasteiger partial charge in [0.1, 0.15) is 5.75 Å². The summed E-state index contributed by atoms with van der Waals surface area (Å²) in [5.41, 5.74) is 4.27. The summed E-state index contributed by atoms with van der Waals surface area (Å²) in [5, 5.41) is 11.3. The average Bonchev–Trinajstić information content (AvgIpc) is 3.27. The van der Waals surface area contributed by atoms with Crippen LogP contribution >= 0.6 is 0 Å². The summed E-state index contributed by atoms with van der Waals surface area (Å²) < 4.78 is 11.9. The second-order valence-corrected chi connectivity index (χ2v) is 7.29. The lowest BCUT2D eigenvalue weighted by Gasteiger charge is -2.18. The molecular formula is C25H23N3O3. The van der Waals surface area contributed by atoms with Crippen molar-refractivity contribution in [3.8, 4) is 28.7 Å². The van der Waals surface area contributed by atoms with Gasteiger partial charge >= 0.3 is 0 Å². The van der Waals surface area contributed by atoms with Crippen LogP contribution in [0.1, 0.15) is 18.1 Å². The van der Waals surface area contributed by atoms with Crippen LogP contribution in [-0.4, -0.2) is 22.2 Å². The zero-order valence-electron chi connectivity index (χ0n) is 17.6. The van der Waals surface area contributed by atoms with Crippen molar-refractivity contribution >= 4 is 11.6 Å². The number of hydrogen-bond acceptors (Lipinski definition) is 5. The van der Waals surface area contributed by atoms with Crippen LogP contribution in [0.4, 0.5) is 5.69 Å². The highest BCUT2D eigenvalue weighted by Crippen LogP contribution is 2.31. The average molecular weight is 413 g/mol. The lowest BCUT2D eigenvalue weighted by Crippen LogP contribution is -2.30. The van der Waals surface area contributed by atoms with Crippen molar-refractivity contribution < 1.29 is 13.9 Å². The van der Waals surface area contributed by atoms with Gasteiger partial charge in [0.15, 0.2) is 6.10 Å². The molecule has 1 heterocycles. The highest BCUT2D eigenvalue weighted by molar-refractivity contribution is 5.95. The number of hydrogen-bond donors (Lipinski definition) is 1. The Balaban J connectivity index is 1.54. The Bertz CT molecular complexity index is 1180. The van der Waals surface area contributed by atoms with Crippen LogP contribution in [0.2, 0.25) is 0 Å². The van der Waals surface area contributed by atoms with E-state index in [1.165, 1.54) is 0 Å². The van der Waals surface area contributed by atoms with E-state index in [1.807, 2.05) is 80.6 Å². The molecule has 6 nitrogen and oxygen atoms in total. The van der Waals surface area contributed by atoms with E-state index in [2.05, 4.69) is 15.5 Å². The maximum atomic E-state index is 12.8. The molecule has 0 saturated heterocycles. The molecule has 1 N–H and O–H groups in total. The highest BCUT2D eigenvalue weighted by Gasteiger charge is 2.20. The van der Waals surface area contributed by atoms with Gasteiger partial charge in [-0.3, -0.25) is 4.79 Å². The first-order valence-electron chi connectivity index (χ1n) is 10.0. The fourth-order valence-electron chi connectivity index (χ4n) is 3.26. The van der Waals surface area contributed by atoms with E-state index in [0.29, 0.717) is 23.1 Å². The molecule has 31 heavy (non-hydrogen) atoms. The highest BCUT2D eigenvalue weighted by atomic mass is 16.5. The van der Waals surface area contributed by atoms with Crippen molar-refractivity contribution in [2.75, 3.05) is 5.32 Å². The normalized spacial score (nSPS) is 11.7. The number of benzene rings is 3. The Morgan fingerprint density at radius 3 is 2.26 bits per heavy atom. The number of carbonyl (C=O) groups excluding carboxylic acids is 1. The quantitative estimate of drug-likeness (QED) is 0.456. The molecule has 1 atom stereocenters. The molecule has 4 aromatic rings. The van der Waals surface area contributed by atoms with Gasteiger partial charge < -0.3 is 14.5 Å². The van der Waals surface area contributed by atoms with Crippen LogP contribution in [0.25, 0.3) is 22.9 Å². The van der Waals surface area contributed by atoms with E-state index in [-0.39, 0.29) is 5.91 Å². The number of aromatic nitrogens is 2. The Labute approximate surface area is 180 Å². The lowest BCUT2D eigenvalue weighted by atomic mass is 10.1. The molecule has 0 radical (unpaired) electrons. The van der Waals surface area contributed by atoms with Gasteiger partial charge in [0.25, 0.3) is 11.8 Å². The number of carbonyl (C=O) groups is 1. The molecule has 156 valence electrons. The van der Waals surface area contributed by atoms with Gasteiger partial charge in [0.05, 0.1) is 5.56 Å². The minimum absolute atomic E-state index is 0.234. The molecule has 0 bridgehead atoms. The summed E-state index contributed by atoms with van der Waals surface area (Å²) in [5.74, 6) is 1.01. The standard InChI is InChI=1S/C25H23N3O3/c1-16-10-9-11-17(2)22(16)26-23(29)18(3)30-21-15-8-7-14-20(21)25-28-27-24(31-25)19-12-5-4-6-13-19/h4-15,18H,1-3H3,(H,26,29)/t18-/m1/s1. The topological polar surface area (TPSA) is 77.2 Å². The lowest BCUT2D eigenvalue weighted by molar-refractivity contribution is -0.122. The maximum absolute atomic E-state index is 12.8. The van der Waals surface area contributed by atoms with Gasteiger partial charge in [-0.15, -0.1) is 10.2 Å². The summed E-state index contributed by atoms with van der Waals surface area (Å²) in [6.07, 6.45) is -0.725. The zero-order chi connectivity index (χ0) is 21.8. The van der Waals surface area contributed by atoms with E-state index in [0.717, 1.165) is 22.4 Å². The molecule has 1 amide bonds. The number of amides is 1. The number of anilines is 1.